The molecule has 1 aromatic carbocycles. The molecule has 0 aliphatic carbocycles. The molecule has 2 N–H and O–H groups in total. The number of urea groups is 1. The lowest BCUT2D eigenvalue weighted by molar-refractivity contribution is -0.00428. The molecule has 0 aromatic heterocycles. The van der Waals surface area contributed by atoms with Crippen molar-refractivity contribution in [1.82, 2.24) is 10.2 Å². The molecule has 0 bridgehead atoms. The normalized spacial score (nSPS) is 19.4. The minimum Gasteiger partial charge on any atom is -0.393 e. The number of hydrogen-bond donors (Lipinski definition) is 2. The highest BCUT2D eigenvalue weighted by atomic mass is 19.1. The van der Waals surface area contributed by atoms with Crippen LogP contribution >= 0.6 is 0 Å². The number of nitrogens with zero attached hydrogens (tertiary/aromatic N) is 1. The van der Waals surface area contributed by atoms with Crippen LogP contribution in [-0.2, 0) is 11.2 Å². The van der Waals surface area contributed by atoms with Crippen LogP contribution < -0.4 is 5.32 Å². The average molecular weight is 324 g/mol. The second-order valence-electron chi connectivity index (χ2n) is 5.97. The smallest absolute Gasteiger partial charge is 0.317 e. The number of rotatable bonds is 6. The first-order valence-corrected chi connectivity index (χ1v) is 8.11. The summed E-state index contributed by atoms with van der Waals surface area (Å²) in [6, 6.07) is 6.29. The number of hydrogen-bond acceptors (Lipinski definition) is 3. The number of aliphatic hydroxyl groups excluding tert-OH is 1. The van der Waals surface area contributed by atoms with Gasteiger partial charge < -0.3 is 20.1 Å². The van der Waals surface area contributed by atoms with Crippen molar-refractivity contribution in [3.05, 3.63) is 35.6 Å². The Morgan fingerprint density at radius 3 is 3.13 bits per heavy atom. The fraction of sp³-hybridized carbons (Fsp3) is 0.588. The summed E-state index contributed by atoms with van der Waals surface area (Å²) in [5, 5.41) is 12.4. The van der Waals surface area contributed by atoms with Crippen LogP contribution in [0.1, 0.15) is 25.3 Å². The van der Waals surface area contributed by atoms with Crippen molar-refractivity contribution in [2.24, 2.45) is 0 Å². The van der Waals surface area contributed by atoms with Crippen molar-refractivity contribution >= 4 is 6.03 Å². The predicted octanol–water partition coefficient (Wildman–Crippen LogP) is 1.94. The van der Waals surface area contributed by atoms with Crippen molar-refractivity contribution in [1.29, 1.82) is 0 Å². The van der Waals surface area contributed by atoms with Crippen LogP contribution in [-0.4, -0.2) is 54.5 Å². The molecule has 0 saturated carbocycles. The van der Waals surface area contributed by atoms with Crippen molar-refractivity contribution in [3.8, 4) is 0 Å². The number of carbonyl (C=O) groups excluding carboxylic acids is 1. The highest BCUT2D eigenvalue weighted by molar-refractivity contribution is 5.74. The molecule has 1 fully saturated rings. The van der Waals surface area contributed by atoms with Gasteiger partial charge >= 0.3 is 6.03 Å². The Hall–Kier alpha value is -1.66. The molecule has 5 nitrogen and oxygen atoms in total. The van der Waals surface area contributed by atoms with Gasteiger partial charge in [-0.05, 0) is 43.9 Å². The number of amides is 2. The van der Waals surface area contributed by atoms with Crippen LogP contribution in [0, 0.1) is 5.82 Å². The van der Waals surface area contributed by atoms with Gasteiger partial charge in [0.1, 0.15) is 5.82 Å². The van der Waals surface area contributed by atoms with Crippen molar-refractivity contribution in [2.45, 2.75) is 38.3 Å². The monoisotopic (exact) mass is 324 g/mol. The van der Waals surface area contributed by atoms with Gasteiger partial charge in [-0.25, -0.2) is 9.18 Å². The second kappa shape index (κ2) is 8.84. The summed E-state index contributed by atoms with van der Waals surface area (Å²) in [7, 11) is 0. The first-order valence-electron chi connectivity index (χ1n) is 8.11. The summed E-state index contributed by atoms with van der Waals surface area (Å²) in [5.74, 6) is -0.235. The summed E-state index contributed by atoms with van der Waals surface area (Å²) in [4.78, 5) is 14.0. The van der Waals surface area contributed by atoms with Crippen LogP contribution in [0.25, 0.3) is 0 Å². The number of morpholine rings is 1. The van der Waals surface area contributed by atoms with Gasteiger partial charge in [-0.1, -0.05) is 12.1 Å². The molecule has 23 heavy (non-hydrogen) atoms. The van der Waals surface area contributed by atoms with Gasteiger partial charge in [-0.15, -0.1) is 0 Å². The number of nitrogens with one attached hydrogen (secondary N) is 1. The van der Waals surface area contributed by atoms with Crippen LogP contribution in [0.4, 0.5) is 9.18 Å². The van der Waals surface area contributed by atoms with Crippen LogP contribution in [0.5, 0.6) is 0 Å². The quantitative estimate of drug-likeness (QED) is 0.786. The van der Waals surface area contributed by atoms with E-state index >= 15 is 0 Å². The molecule has 128 valence electrons. The third kappa shape index (κ3) is 5.80. The lowest BCUT2D eigenvalue weighted by Gasteiger charge is -2.36. The van der Waals surface area contributed by atoms with E-state index in [0.717, 1.165) is 18.4 Å². The summed E-state index contributed by atoms with van der Waals surface area (Å²) in [6.45, 7) is 3.76. The Bertz CT molecular complexity index is 510. The third-order valence-corrected chi connectivity index (χ3v) is 3.91. The van der Waals surface area contributed by atoms with Gasteiger partial charge in [0.2, 0.25) is 0 Å². The molecule has 6 heteroatoms. The van der Waals surface area contributed by atoms with Crippen molar-refractivity contribution in [3.63, 3.8) is 0 Å². The van der Waals surface area contributed by atoms with E-state index in [-0.39, 0.29) is 17.9 Å². The van der Waals surface area contributed by atoms with Crippen LogP contribution in [0.15, 0.2) is 24.3 Å². The lowest BCUT2D eigenvalue weighted by Crippen LogP contribution is -2.53. The van der Waals surface area contributed by atoms with Crippen LogP contribution in [0.3, 0.4) is 0 Å². The van der Waals surface area contributed by atoms with Crippen LogP contribution in [0.2, 0.25) is 0 Å². The molecule has 0 spiro atoms. The fourth-order valence-corrected chi connectivity index (χ4v) is 2.79. The zero-order valence-corrected chi connectivity index (χ0v) is 13.5. The highest BCUT2D eigenvalue weighted by Gasteiger charge is 2.27. The van der Waals surface area contributed by atoms with Gasteiger partial charge in [0, 0.05) is 13.1 Å². The Morgan fingerprint density at radius 1 is 1.57 bits per heavy atom. The number of carbonyl (C=O) groups is 1. The van der Waals surface area contributed by atoms with E-state index in [9.17, 15) is 14.3 Å². The first kappa shape index (κ1) is 17.7. The van der Waals surface area contributed by atoms with Gasteiger partial charge in [0.05, 0.1) is 25.4 Å². The van der Waals surface area contributed by atoms with E-state index in [0.29, 0.717) is 32.7 Å². The molecule has 1 aliphatic rings. The van der Waals surface area contributed by atoms with E-state index in [4.69, 9.17) is 4.74 Å². The van der Waals surface area contributed by atoms with Gasteiger partial charge in [0.15, 0.2) is 0 Å². The van der Waals surface area contributed by atoms with E-state index in [1.165, 1.54) is 12.1 Å². The molecular formula is C17H25FN2O3. The van der Waals surface area contributed by atoms with Gasteiger partial charge in [-0.3, -0.25) is 0 Å². The van der Waals surface area contributed by atoms with E-state index < -0.39 is 6.10 Å². The second-order valence-corrected chi connectivity index (χ2v) is 5.97. The first-order chi connectivity index (χ1) is 11.1. The molecule has 0 unspecified atom stereocenters. The van der Waals surface area contributed by atoms with Crippen molar-refractivity contribution in [2.75, 3.05) is 26.3 Å². The average Bonchev–Trinajstić information content (AvgIpc) is 2.51. The van der Waals surface area contributed by atoms with E-state index in [1.54, 1.807) is 17.9 Å². The highest BCUT2D eigenvalue weighted by Crippen LogP contribution is 2.13. The molecule has 2 atom stereocenters. The SMILES string of the molecule is C[C@@H](O)C[C@H]1COCCN1C(=O)NCCCc1cccc(F)c1. The predicted molar refractivity (Wildman–Crippen MR) is 85.7 cm³/mol. The maximum absolute atomic E-state index is 13.1. The number of aryl methyl sites for hydroxylation is 1. The molecule has 1 aromatic rings. The minimum absolute atomic E-state index is 0.0908. The molecule has 0 radical (unpaired) electrons. The summed E-state index contributed by atoms with van der Waals surface area (Å²) >= 11 is 0. The maximum Gasteiger partial charge on any atom is 0.317 e. The number of benzene rings is 1. The molecule has 1 heterocycles. The summed E-state index contributed by atoms with van der Waals surface area (Å²) in [6.07, 6.45) is 1.51. The Morgan fingerprint density at radius 2 is 2.39 bits per heavy atom. The molecular weight excluding hydrogens is 299 g/mol. The lowest BCUT2D eigenvalue weighted by atomic mass is 10.1. The minimum atomic E-state index is -0.468. The number of halogens is 1. The Balaban J connectivity index is 1.74. The topological polar surface area (TPSA) is 61.8 Å². The van der Waals surface area contributed by atoms with Gasteiger partial charge in [0.25, 0.3) is 0 Å². The Labute approximate surface area is 136 Å². The number of aliphatic hydroxyl groups is 1. The van der Waals surface area contributed by atoms with Gasteiger partial charge in [-0.2, -0.15) is 0 Å². The Kier molecular flexibility index (Phi) is 6.80. The summed E-state index contributed by atoms with van der Waals surface area (Å²) in [5.41, 5.74) is 0.928. The largest absolute Gasteiger partial charge is 0.393 e. The molecule has 2 amide bonds. The fourth-order valence-electron chi connectivity index (χ4n) is 2.79. The van der Waals surface area contributed by atoms with E-state index in [1.807, 2.05) is 6.07 Å². The number of ether oxygens (including phenoxy) is 1. The maximum atomic E-state index is 13.1. The zero-order valence-electron chi connectivity index (χ0n) is 13.5. The molecule has 1 aliphatic heterocycles. The van der Waals surface area contributed by atoms with Crippen molar-refractivity contribution < 1.29 is 19.0 Å². The summed E-state index contributed by atoms with van der Waals surface area (Å²) < 4.78 is 18.5. The third-order valence-electron chi connectivity index (χ3n) is 3.91. The molecule has 1 saturated heterocycles. The standard InChI is InChI=1S/C17H25FN2O3/c1-13(21)10-16-12-23-9-8-20(16)17(22)19-7-3-5-14-4-2-6-15(18)11-14/h2,4,6,11,13,16,21H,3,5,7-10,12H2,1H3,(H,19,22)/t13-,16+/m1/s1. The molecule has 2 rings (SSSR count). The zero-order chi connectivity index (χ0) is 16.7. The van der Waals surface area contributed by atoms with E-state index in [2.05, 4.69) is 5.32 Å².